The summed E-state index contributed by atoms with van der Waals surface area (Å²) in [6, 6.07) is 18.3. The Labute approximate surface area is 183 Å². The van der Waals surface area contributed by atoms with Crippen molar-refractivity contribution in [2.24, 2.45) is 5.41 Å². The molecule has 1 aromatic heterocycles. The zero-order valence-electron chi connectivity index (χ0n) is 18.5. The van der Waals surface area contributed by atoms with Crippen LogP contribution in [-0.2, 0) is 4.79 Å². The second-order valence-corrected chi connectivity index (χ2v) is 9.75. The van der Waals surface area contributed by atoms with Crippen LogP contribution in [-0.4, -0.2) is 20.5 Å². The first-order valence-corrected chi connectivity index (χ1v) is 11.0. The summed E-state index contributed by atoms with van der Waals surface area (Å²) in [5.41, 5.74) is 5.06. The third kappa shape index (κ3) is 3.48. The van der Waals surface area contributed by atoms with Crippen molar-refractivity contribution in [1.29, 1.82) is 0 Å². The molecule has 0 saturated carbocycles. The van der Waals surface area contributed by atoms with E-state index in [9.17, 15) is 4.79 Å². The quantitative estimate of drug-likeness (QED) is 0.597. The second kappa shape index (κ2) is 7.19. The van der Waals surface area contributed by atoms with Crippen LogP contribution in [0.25, 0.3) is 11.4 Å². The lowest BCUT2D eigenvalue weighted by Gasteiger charge is -2.38. The first-order chi connectivity index (χ1) is 14.8. The summed E-state index contributed by atoms with van der Waals surface area (Å²) in [5.74, 6) is 2.01. The number of carbonyl (C=O) groups excluding carboxylic acids is 1. The fourth-order valence-corrected chi connectivity index (χ4v) is 4.69. The van der Waals surface area contributed by atoms with Crippen LogP contribution < -0.4 is 5.32 Å². The van der Waals surface area contributed by atoms with Crippen LogP contribution in [0.3, 0.4) is 0 Å². The monoisotopic (exact) mass is 412 g/mol. The maximum Gasteiger partial charge on any atom is 0.226 e. The first kappa shape index (κ1) is 19.7. The predicted molar refractivity (Wildman–Crippen MR) is 123 cm³/mol. The van der Waals surface area contributed by atoms with Gasteiger partial charge >= 0.3 is 0 Å². The molecular weight excluding hydrogens is 384 g/mol. The van der Waals surface area contributed by atoms with Crippen LogP contribution in [0.2, 0.25) is 0 Å². The highest BCUT2D eigenvalue weighted by atomic mass is 16.1. The predicted octanol–water partition coefficient (Wildman–Crippen LogP) is 5.73. The van der Waals surface area contributed by atoms with Crippen LogP contribution >= 0.6 is 0 Å². The van der Waals surface area contributed by atoms with Crippen LogP contribution in [0.15, 0.2) is 65.9 Å². The lowest BCUT2D eigenvalue weighted by atomic mass is 9.73. The van der Waals surface area contributed by atoms with Crippen molar-refractivity contribution in [3.05, 3.63) is 77.0 Å². The van der Waals surface area contributed by atoms with Gasteiger partial charge in [-0.05, 0) is 28.9 Å². The number of fused-ring (bicyclic) bond motifs is 1. The maximum atomic E-state index is 13.3. The van der Waals surface area contributed by atoms with Gasteiger partial charge in [0.05, 0.1) is 0 Å². The minimum atomic E-state index is -0.263. The Kier molecular flexibility index (Phi) is 4.58. The number of nitrogens with zero attached hydrogens (tertiary/aromatic N) is 3. The van der Waals surface area contributed by atoms with Gasteiger partial charge < -0.3 is 5.32 Å². The Bertz CT molecular complexity index is 1170. The molecule has 1 N–H and O–H groups in total. The van der Waals surface area contributed by atoms with E-state index in [2.05, 4.69) is 57.3 Å². The van der Waals surface area contributed by atoms with Crippen molar-refractivity contribution in [3.8, 4) is 11.4 Å². The number of hydrogen-bond acceptors (Lipinski definition) is 4. The van der Waals surface area contributed by atoms with Crippen LogP contribution in [0.5, 0.6) is 0 Å². The van der Waals surface area contributed by atoms with Gasteiger partial charge in [-0.15, -0.1) is 5.10 Å². The van der Waals surface area contributed by atoms with Gasteiger partial charge in [0.2, 0.25) is 5.95 Å². The number of nitrogens with one attached hydrogen (secondary N) is 1. The first-order valence-electron chi connectivity index (χ1n) is 11.0. The lowest BCUT2D eigenvalue weighted by molar-refractivity contribution is -0.118. The minimum absolute atomic E-state index is 0.0700. The van der Waals surface area contributed by atoms with Gasteiger partial charge in [-0.2, -0.15) is 4.98 Å². The van der Waals surface area contributed by atoms with E-state index in [0.29, 0.717) is 24.1 Å². The molecule has 5 rings (SSSR count). The molecule has 2 aliphatic rings. The Balaban J connectivity index is 1.66. The molecule has 3 aromatic rings. The van der Waals surface area contributed by atoms with E-state index in [1.165, 1.54) is 5.56 Å². The van der Waals surface area contributed by atoms with Crippen molar-refractivity contribution in [2.45, 2.75) is 52.5 Å². The zero-order valence-corrected chi connectivity index (χ0v) is 18.5. The Morgan fingerprint density at radius 1 is 1.03 bits per heavy atom. The standard InChI is InChI=1S/C26H28N4O/c1-16(2)17-10-12-18(13-11-17)23-22-20(14-26(3,4)15-21(22)31)27-25-28-24(29-30(23)25)19-8-6-5-7-9-19/h5-13,16,23H,14-15H2,1-4H3,(H,27,28,29). The third-order valence-corrected chi connectivity index (χ3v) is 6.28. The van der Waals surface area contributed by atoms with Crippen molar-refractivity contribution in [3.63, 3.8) is 0 Å². The van der Waals surface area contributed by atoms with Gasteiger partial charge in [0, 0.05) is 23.3 Å². The highest BCUT2D eigenvalue weighted by Gasteiger charge is 2.41. The van der Waals surface area contributed by atoms with E-state index >= 15 is 0 Å². The van der Waals surface area contributed by atoms with Crippen molar-refractivity contribution >= 4 is 11.7 Å². The summed E-state index contributed by atoms with van der Waals surface area (Å²) >= 11 is 0. The number of carbonyl (C=O) groups is 1. The molecule has 158 valence electrons. The smallest absolute Gasteiger partial charge is 0.226 e. The molecule has 2 aromatic carbocycles. The molecule has 0 spiro atoms. The number of anilines is 1. The van der Waals surface area contributed by atoms with Crippen molar-refractivity contribution < 1.29 is 4.79 Å². The van der Waals surface area contributed by atoms with E-state index in [1.807, 2.05) is 35.0 Å². The normalized spacial score (nSPS) is 19.8. The summed E-state index contributed by atoms with van der Waals surface area (Å²) in [4.78, 5) is 18.1. The summed E-state index contributed by atoms with van der Waals surface area (Å²) in [5, 5.41) is 8.31. The topological polar surface area (TPSA) is 59.8 Å². The Morgan fingerprint density at radius 3 is 2.42 bits per heavy atom. The fraction of sp³-hybridized carbons (Fsp3) is 0.346. The van der Waals surface area contributed by atoms with E-state index in [4.69, 9.17) is 10.1 Å². The van der Waals surface area contributed by atoms with E-state index in [1.54, 1.807) is 0 Å². The number of aromatic nitrogens is 3. The fourth-order valence-electron chi connectivity index (χ4n) is 4.69. The van der Waals surface area contributed by atoms with Crippen LogP contribution in [0.4, 0.5) is 5.95 Å². The van der Waals surface area contributed by atoms with Gasteiger partial charge in [-0.25, -0.2) is 4.68 Å². The van der Waals surface area contributed by atoms with Gasteiger partial charge in [0.1, 0.15) is 6.04 Å². The average molecular weight is 413 g/mol. The largest absolute Gasteiger partial charge is 0.328 e. The van der Waals surface area contributed by atoms with E-state index in [-0.39, 0.29) is 17.2 Å². The Hall–Kier alpha value is -3.21. The molecule has 1 aliphatic heterocycles. The van der Waals surface area contributed by atoms with Gasteiger partial charge in [-0.1, -0.05) is 82.3 Å². The summed E-state index contributed by atoms with van der Waals surface area (Å²) < 4.78 is 1.89. The maximum absolute atomic E-state index is 13.3. The van der Waals surface area contributed by atoms with Gasteiger partial charge in [-0.3, -0.25) is 4.79 Å². The number of Topliss-reactive ketones (excluding diaryl/α,β-unsaturated/α-hetero) is 1. The van der Waals surface area contributed by atoms with E-state index < -0.39 is 0 Å². The molecule has 1 unspecified atom stereocenters. The molecule has 5 heteroatoms. The van der Waals surface area contributed by atoms with Crippen molar-refractivity contribution in [1.82, 2.24) is 14.8 Å². The summed E-state index contributed by atoms with van der Waals surface area (Å²) in [7, 11) is 0. The number of allylic oxidation sites excluding steroid dienone is 2. The van der Waals surface area contributed by atoms with E-state index in [0.717, 1.165) is 28.8 Å². The molecule has 5 nitrogen and oxygen atoms in total. The van der Waals surface area contributed by atoms with Crippen molar-refractivity contribution in [2.75, 3.05) is 5.32 Å². The highest BCUT2D eigenvalue weighted by molar-refractivity contribution is 6.00. The second-order valence-electron chi connectivity index (χ2n) is 9.75. The highest BCUT2D eigenvalue weighted by Crippen LogP contribution is 2.45. The molecule has 0 fully saturated rings. The molecule has 0 amide bonds. The number of hydrogen-bond donors (Lipinski definition) is 1. The SMILES string of the molecule is CC(C)c1ccc(C2C3=C(CC(C)(C)CC3=O)Nc3nc(-c4ccccc4)nn32)cc1. The molecule has 0 radical (unpaired) electrons. The van der Waals surface area contributed by atoms with Crippen LogP contribution in [0, 0.1) is 5.41 Å². The van der Waals surface area contributed by atoms with Gasteiger partial charge in [0.25, 0.3) is 0 Å². The van der Waals surface area contributed by atoms with Crippen LogP contribution in [0.1, 0.15) is 63.6 Å². The summed E-state index contributed by atoms with van der Waals surface area (Å²) in [6.07, 6.45) is 1.37. The molecule has 1 atom stereocenters. The zero-order chi connectivity index (χ0) is 21.8. The minimum Gasteiger partial charge on any atom is -0.328 e. The number of ketones is 1. The molecule has 0 bridgehead atoms. The average Bonchev–Trinajstić information content (AvgIpc) is 3.16. The Morgan fingerprint density at radius 2 is 1.74 bits per heavy atom. The van der Waals surface area contributed by atoms with Gasteiger partial charge in [0.15, 0.2) is 11.6 Å². The molecule has 2 heterocycles. The number of benzene rings is 2. The summed E-state index contributed by atoms with van der Waals surface area (Å²) in [6.45, 7) is 8.68. The molecular formula is C26H28N4O. The molecule has 31 heavy (non-hydrogen) atoms. The molecule has 1 aliphatic carbocycles. The lowest BCUT2D eigenvalue weighted by Crippen LogP contribution is -2.36. The molecule has 0 saturated heterocycles. The number of rotatable bonds is 3. The third-order valence-electron chi connectivity index (χ3n) is 6.28.